The minimum absolute atomic E-state index is 0.108. The number of hydrogen-bond acceptors (Lipinski definition) is 6. The largest absolute Gasteiger partial charge is 0.431 e. The topological polar surface area (TPSA) is 92.8 Å². The fraction of sp³-hybridized carbons (Fsp3) is 0.391. The van der Waals surface area contributed by atoms with Crippen LogP contribution >= 0.6 is 0 Å². The second kappa shape index (κ2) is 7.37. The van der Waals surface area contributed by atoms with Crippen molar-refractivity contribution in [3.05, 3.63) is 59.0 Å². The van der Waals surface area contributed by atoms with E-state index in [1.165, 1.54) is 19.3 Å². The second-order valence-electron chi connectivity index (χ2n) is 8.55. The Bertz CT molecular complexity index is 1260. The van der Waals surface area contributed by atoms with Gasteiger partial charge in [0.2, 0.25) is 0 Å². The van der Waals surface area contributed by atoms with E-state index in [1.54, 1.807) is 12.5 Å². The number of nitrogens with zero attached hydrogens (tertiary/aromatic N) is 5. The number of oxazole rings is 1. The van der Waals surface area contributed by atoms with Crippen LogP contribution in [0.5, 0.6) is 0 Å². The fourth-order valence-electron chi connectivity index (χ4n) is 4.70. The van der Waals surface area contributed by atoms with Gasteiger partial charge in [-0.1, -0.05) is 49.6 Å². The molecule has 0 atom stereocenters. The molecule has 1 aliphatic carbocycles. The van der Waals surface area contributed by atoms with Gasteiger partial charge in [-0.15, -0.1) is 0 Å². The highest BCUT2D eigenvalue weighted by Gasteiger charge is 2.34. The lowest BCUT2D eigenvalue weighted by molar-refractivity contribution is 0.335. The van der Waals surface area contributed by atoms with Crippen molar-refractivity contribution in [1.82, 2.24) is 24.7 Å². The highest BCUT2D eigenvalue weighted by molar-refractivity contribution is 5.73. The first-order chi connectivity index (χ1) is 15.3. The van der Waals surface area contributed by atoms with Crippen molar-refractivity contribution in [1.29, 1.82) is 0 Å². The summed E-state index contributed by atoms with van der Waals surface area (Å²) in [5.41, 5.74) is 2.46. The number of aromatic nitrogens is 5. The first-order valence-electron chi connectivity index (χ1n) is 11.0. The van der Waals surface area contributed by atoms with Gasteiger partial charge < -0.3 is 14.3 Å². The molecule has 4 aromatic rings. The molecule has 31 heavy (non-hydrogen) atoms. The van der Waals surface area contributed by atoms with Gasteiger partial charge in [-0.3, -0.25) is 4.79 Å². The number of hydrogen-bond donors (Lipinski definition) is 1. The van der Waals surface area contributed by atoms with Crippen molar-refractivity contribution < 1.29 is 4.42 Å². The smallest absolute Gasteiger partial charge is 0.297 e. The maximum absolute atomic E-state index is 12.7. The van der Waals surface area contributed by atoms with Gasteiger partial charge in [0.25, 0.3) is 11.6 Å². The van der Waals surface area contributed by atoms with E-state index in [0.717, 1.165) is 29.9 Å². The Hall–Kier alpha value is -3.42. The monoisotopic (exact) mass is 416 g/mol. The summed E-state index contributed by atoms with van der Waals surface area (Å²) in [6.45, 7) is 1.42. The van der Waals surface area contributed by atoms with E-state index < -0.39 is 0 Å². The lowest BCUT2D eigenvalue weighted by Crippen LogP contribution is -2.46. The molecule has 158 valence electrons. The van der Waals surface area contributed by atoms with E-state index in [1.807, 2.05) is 35.0 Å². The highest BCUT2D eigenvalue weighted by Crippen LogP contribution is 2.33. The number of nitrogens with one attached hydrogen (secondary N) is 1. The average Bonchev–Trinajstić information content (AvgIpc) is 3.42. The summed E-state index contributed by atoms with van der Waals surface area (Å²) in [5.74, 6) is 0.861. The Morgan fingerprint density at radius 3 is 2.65 bits per heavy atom. The summed E-state index contributed by atoms with van der Waals surface area (Å²) in [7, 11) is 0. The summed E-state index contributed by atoms with van der Waals surface area (Å²) in [6, 6.07) is 10.9. The van der Waals surface area contributed by atoms with E-state index in [9.17, 15) is 4.79 Å². The molecule has 3 aromatic heterocycles. The van der Waals surface area contributed by atoms with Gasteiger partial charge in [-0.25, -0.2) is 9.67 Å². The lowest BCUT2D eigenvalue weighted by atomic mass is 9.96. The molecule has 0 spiro atoms. The van der Waals surface area contributed by atoms with E-state index in [4.69, 9.17) is 9.40 Å². The third-order valence-electron chi connectivity index (χ3n) is 6.50. The Balaban J connectivity index is 1.22. The van der Waals surface area contributed by atoms with Crippen LogP contribution in [-0.4, -0.2) is 37.8 Å². The third kappa shape index (κ3) is 3.22. The van der Waals surface area contributed by atoms with Crippen LogP contribution in [-0.2, 0) is 0 Å². The zero-order chi connectivity index (χ0) is 20.8. The van der Waals surface area contributed by atoms with Crippen molar-refractivity contribution in [2.75, 3.05) is 18.0 Å². The predicted molar refractivity (Wildman–Crippen MR) is 117 cm³/mol. The van der Waals surface area contributed by atoms with Crippen LogP contribution in [0.4, 0.5) is 6.01 Å². The van der Waals surface area contributed by atoms with E-state index in [-0.39, 0.29) is 11.5 Å². The summed E-state index contributed by atoms with van der Waals surface area (Å²) in [6.07, 6.45) is 9.25. The van der Waals surface area contributed by atoms with Crippen LogP contribution in [0.25, 0.3) is 22.3 Å². The van der Waals surface area contributed by atoms with Gasteiger partial charge in [0, 0.05) is 18.7 Å². The van der Waals surface area contributed by atoms with Crippen LogP contribution in [0.15, 0.2) is 52.0 Å². The van der Waals surface area contributed by atoms with Crippen molar-refractivity contribution >= 4 is 17.0 Å². The molecule has 0 amide bonds. The number of aromatic amines is 1. The van der Waals surface area contributed by atoms with Crippen LogP contribution < -0.4 is 10.5 Å². The minimum atomic E-state index is -0.108. The van der Waals surface area contributed by atoms with Gasteiger partial charge >= 0.3 is 0 Å². The number of H-pyrrole nitrogens is 1. The van der Waals surface area contributed by atoms with Crippen LogP contribution in [0.2, 0.25) is 0 Å². The Labute approximate surface area is 178 Å². The second-order valence-corrected chi connectivity index (χ2v) is 8.55. The molecule has 0 unspecified atom stereocenters. The number of rotatable bonds is 4. The Morgan fingerprint density at radius 1 is 1.03 bits per heavy atom. The lowest BCUT2D eigenvalue weighted by Gasteiger charge is -2.37. The molecular weight excluding hydrogens is 392 g/mol. The molecular formula is C23H24N6O2. The first-order valence-corrected chi connectivity index (χ1v) is 11.0. The summed E-state index contributed by atoms with van der Waals surface area (Å²) in [5, 5.41) is 5.09. The molecule has 4 heterocycles. The van der Waals surface area contributed by atoms with E-state index >= 15 is 0 Å². The van der Waals surface area contributed by atoms with Crippen molar-refractivity contribution in [2.45, 2.75) is 44.1 Å². The van der Waals surface area contributed by atoms with E-state index in [0.29, 0.717) is 36.2 Å². The summed E-state index contributed by atoms with van der Waals surface area (Å²) in [4.78, 5) is 27.2. The number of benzene rings is 1. The zero-order valence-electron chi connectivity index (χ0n) is 17.2. The van der Waals surface area contributed by atoms with Gasteiger partial charge in [0.1, 0.15) is 23.2 Å². The Morgan fingerprint density at radius 2 is 1.84 bits per heavy atom. The molecule has 0 bridgehead atoms. The summed E-state index contributed by atoms with van der Waals surface area (Å²) >= 11 is 0. The quantitative estimate of drug-likeness (QED) is 0.543. The molecule has 1 N–H and O–H groups in total. The normalized spacial score (nSPS) is 17.9. The molecule has 8 heteroatoms. The molecule has 6 rings (SSSR count). The van der Waals surface area contributed by atoms with Gasteiger partial charge in [-0.2, -0.15) is 10.1 Å². The molecule has 8 nitrogen and oxygen atoms in total. The Kier molecular flexibility index (Phi) is 4.36. The zero-order valence-corrected chi connectivity index (χ0v) is 17.2. The van der Waals surface area contributed by atoms with Crippen molar-refractivity contribution in [2.24, 2.45) is 0 Å². The molecule has 1 saturated carbocycles. The predicted octanol–water partition coefficient (Wildman–Crippen LogP) is 3.88. The third-order valence-corrected chi connectivity index (χ3v) is 6.50. The van der Waals surface area contributed by atoms with Gasteiger partial charge in [0.15, 0.2) is 5.65 Å². The first kappa shape index (κ1) is 18.4. The van der Waals surface area contributed by atoms with Gasteiger partial charge in [-0.05, 0) is 12.8 Å². The maximum atomic E-state index is 12.7. The number of anilines is 1. The highest BCUT2D eigenvalue weighted by atomic mass is 16.4. The van der Waals surface area contributed by atoms with Gasteiger partial charge in [0.05, 0.1) is 18.2 Å². The van der Waals surface area contributed by atoms with Crippen LogP contribution in [0, 0.1) is 0 Å². The number of fused-ring (bicyclic) bond motifs is 1. The average molecular weight is 416 g/mol. The minimum Gasteiger partial charge on any atom is -0.431 e. The van der Waals surface area contributed by atoms with Crippen LogP contribution in [0.3, 0.4) is 0 Å². The molecule has 1 aliphatic heterocycles. The van der Waals surface area contributed by atoms with E-state index in [2.05, 4.69) is 20.0 Å². The molecule has 0 radical (unpaired) electrons. The standard InChI is InChI=1S/C23H24N6O2/c30-22-18-11-24-29(17-9-5-2-6-10-17)21(18)26-20(27-22)16-12-28(13-16)23-25-19(14-31-23)15-7-3-1-4-8-15/h1,3-4,7-8,11,14,16-17H,2,5-6,9-10,12-13H2,(H,26,27,30). The molecule has 1 saturated heterocycles. The molecule has 2 fully saturated rings. The molecule has 1 aromatic carbocycles. The van der Waals surface area contributed by atoms with Crippen molar-refractivity contribution in [3.63, 3.8) is 0 Å². The maximum Gasteiger partial charge on any atom is 0.297 e. The fourth-order valence-corrected chi connectivity index (χ4v) is 4.70. The summed E-state index contributed by atoms with van der Waals surface area (Å²) < 4.78 is 7.67. The molecule has 2 aliphatic rings. The van der Waals surface area contributed by atoms with Crippen molar-refractivity contribution in [3.8, 4) is 11.3 Å². The van der Waals surface area contributed by atoms with Crippen LogP contribution in [0.1, 0.15) is 49.9 Å². The SMILES string of the molecule is O=c1[nH]c(C2CN(c3nc(-c4ccccc4)co3)C2)nc2c1cnn2C1CCCCC1.